The third kappa shape index (κ3) is 2.50. The van der Waals surface area contributed by atoms with Crippen LogP contribution in [0.2, 0.25) is 0 Å². The summed E-state index contributed by atoms with van der Waals surface area (Å²) in [5, 5.41) is 6.33. The van der Waals surface area contributed by atoms with E-state index in [1.165, 1.54) is 4.52 Å². The van der Waals surface area contributed by atoms with E-state index in [0.29, 0.717) is 6.07 Å². The molecule has 3 aromatic rings. The Morgan fingerprint density at radius 2 is 1.95 bits per heavy atom. The van der Waals surface area contributed by atoms with Gasteiger partial charge in [-0.25, -0.2) is 18.3 Å². The van der Waals surface area contributed by atoms with Gasteiger partial charge in [-0.2, -0.15) is 4.98 Å². The number of nitrogens with one attached hydrogen (secondary N) is 1. The number of aromatic nitrogens is 4. The summed E-state index contributed by atoms with van der Waals surface area (Å²) < 4.78 is 27.8. The zero-order valence-corrected chi connectivity index (χ0v) is 11.8. The molecule has 0 aliphatic heterocycles. The van der Waals surface area contributed by atoms with Crippen LogP contribution in [0.5, 0.6) is 0 Å². The molecule has 0 radical (unpaired) electrons. The fourth-order valence-corrected chi connectivity index (χ4v) is 2.03. The molecule has 0 aliphatic rings. The molecule has 0 saturated heterocycles. The van der Waals surface area contributed by atoms with Crippen molar-refractivity contribution in [1.82, 2.24) is 19.6 Å². The number of fused-ring (bicyclic) bond motifs is 1. The minimum atomic E-state index is -0.873. The molecule has 112 valence electrons. The van der Waals surface area contributed by atoms with Gasteiger partial charge in [0.25, 0.3) is 11.7 Å². The van der Waals surface area contributed by atoms with Crippen LogP contribution in [0.1, 0.15) is 22.0 Å². The molecule has 0 bridgehead atoms. The predicted octanol–water partition coefficient (Wildman–Crippen LogP) is 2.27. The fraction of sp³-hybridized carbons (Fsp3) is 0.143. The first-order chi connectivity index (χ1) is 10.4. The monoisotopic (exact) mass is 303 g/mol. The molecule has 0 spiro atoms. The zero-order valence-electron chi connectivity index (χ0n) is 11.8. The smallest absolute Gasteiger partial charge is 0.295 e. The van der Waals surface area contributed by atoms with E-state index in [1.54, 1.807) is 19.9 Å². The zero-order chi connectivity index (χ0) is 15.9. The van der Waals surface area contributed by atoms with Gasteiger partial charge < -0.3 is 5.32 Å². The van der Waals surface area contributed by atoms with Gasteiger partial charge in [0.05, 0.1) is 5.69 Å². The number of benzene rings is 1. The molecule has 0 atom stereocenters. The number of aryl methyl sites for hydroxylation is 2. The highest BCUT2D eigenvalue weighted by Crippen LogP contribution is 2.15. The molecule has 6 nitrogen and oxygen atoms in total. The van der Waals surface area contributed by atoms with Crippen LogP contribution in [0.15, 0.2) is 24.3 Å². The van der Waals surface area contributed by atoms with Crippen molar-refractivity contribution in [3.8, 4) is 0 Å². The van der Waals surface area contributed by atoms with Crippen LogP contribution in [-0.2, 0) is 0 Å². The van der Waals surface area contributed by atoms with E-state index in [1.807, 2.05) is 0 Å². The number of nitrogens with zero attached hydrogens (tertiary/aromatic N) is 4. The van der Waals surface area contributed by atoms with E-state index in [-0.39, 0.29) is 17.3 Å². The van der Waals surface area contributed by atoms with Gasteiger partial charge in [0, 0.05) is 17.5 Å². The lowest BCUT2D eigenvalue weighted by molar-refractivity contribution is 0.101. The Morgan fingerprint density at radius 1 is 1.18 bits per heavy atom. The summed E-state index contributed by atoms with van der Waals surface area (Å²) >= 11 is 0. The first-order valence-corrected chi connectivity index (χ1v) is 6.41. The van der Waals surface area contributed by atoms with E-state index in [4.69, 9.17) is 0 Å². The van der Waals surface area contributed by atoms with Crippen molar-refractivity contribution < 1.29 is 13.6 Å². The van der Waals surface area contributed by atoms with Crippen molar-refractivity contribution in [1.29, 1.82) is 0 Å². The molecule has 0 unspecified atom stereocenters. The highest BCUT2D eigenvalue weighted by molar-refractivity contribution is 6.01. The maximum Gasteiger partial charge on any atom is 0.295 e. The largest absolute Gasteiger partial charge is 0.317 e. The Labute approximate surface area is 123 Å². The Hall–Kier alpha value is -2.90. The lowest BCUT2D eigenvalue weighted by atomic mass is 10.3. The number of halogens is 2. The Kier molecular flexibility index (Phi) is 3.28. The van der Waals surface area contributed by atoms with Crippen LogP contribution < -0.4 is 5.32 Å². The molecular weight excluding hydrogens is 292 g/mol. The molecule has 1 amide bonds. The Bertz CT molecular complexity index is 890. The minimum absolute atomic E-state index is 0.147. The first kappa shape index (κ1) is 14.1. The molecule has 22 heavy (non-hydrogen) atoms. The maximum atomic E-state index is 13.5. The fourth-order valence-electron chi connectivity index (χ4n) is 2.03. The van der Waals surface area contributed by atoms with Crippen LogP contribution in [0.3, 0.4) is 0 Å². The van der Waals surface area contributed by atoms with Gasteiger partial charge >= 0.3 is 0 Å². The second-order valence-corrected chi connectivity index (χ2v) is 4.76. The molecule has 1 N–H and O–H groups in total. The van der Waals surface area contributed by atoms with Crippen LogP contribution >= 0.6 is 0 Å². The second-order valence-electron chi connectivity index (χ2n) is 4.76. The number of carbonyl (C=O) groups is 1. The van der Waals surface area contributed by atoms with E-state index >= 15 is 0 Å². The number of amides is 1. The van der Waals surface area contributed by atoms with Crippen LogP contribution in [0.25, 0.3) is 5.78 Å². The van der Waals surface area contributed by atoms with E-state index in [0.717, 1.165) is 23.5 Å². The van der Waals surface area contributed by atoms with E-state index in [9.17, 15) is 13.6 Å². The van der Waals surface area contributed by atoms with Crippen molar-refractivity contribution in [3.05, 3.63) is 53.1 Å². The van der Waals surface area contributed by atoms with Crippen LogP contribution in [0.4, 0.5) is 14.5 Å². The summed E-state index contributed by atoms with van der Waals surface area (Å²) in [4.78, 5) is 20.3. The molecule has 0 saturated carbocycles. The van der Waals surface area contributed by atoms with Gasteiger partial charge in [0.1, 0.15) is 11.6 Å². The van der Waals surface area contributed by atoms with Gasteiger partial charge in [0.15, 0.2) is 0 Å². The third-order valence-electron chi connectivity index (χ3n) is 3.00. The van der Waals surface area contributed by atoms with E-state index in [2.05, 4.69) is 20.4 Å². The maximum absolute atomic E-state index is 13.5. The quantitative estimate of drug-likeness (QED) is 0.788. The molecule has 2 aromatic heterocycles. The molecule has 8 heteroatoms. The van der Waals surface area contributed by atoms with Gasteiger partial charge in [0.2, 0.25) is 5.82 Å². The van der Waals surface area contributed by atoms with Crippen molar-refractivity contribution in [2.24, 2.45) is 0 Å². The summed E-state index contributed by atoms with van der Waals surface area (Å²) in [7, 11) is 0. The van der Waals surface area contributed by atoms with Gasteiger partial charge in [-0.15, -0.1) is 5.10 Å². The molecule has 0 aliphatic carbocycles. The number of rotatable bonds is 2. The highest BCUT2D eigenvalue weighted by atomic mass is 19.1. The van der Waals surface area contributed by atoms with Crippen LogP contribution in [0, 0.1) is 25.5 Å². The Morgan fingerprint density at radius 3 is 2.68 bits per heavy atom. The number of hydrogen-bond donors (Lipinski definition) is 1. The normalized spacial score (nSPS) is 10.9. The van der Waals surface area contributed by atoms with Crippen molar-refractivity contribution in [3.63, 3.8) is 0 Å². The number of hydrogen-bond acceptors (Lipinski definition) is 4. The first-order valence-electron chi connectivity index (χ1n) is 6.41. The lowest BCUT2D eigenvalue weighted by Gasteiger charge is -2.03. The summed E-state index contributed by atoms with van der Waals surface area (Å²) in [6, 6.07) is 4.65. The molecule has 2 heterocycles. The van der Waals surface area contributed by atoms with Crippen molar-refractivity contribution >= 4 is 17.4 Å². The number of anilines is 1. The second kappa shape index (κ2) is 5.14. The standard InChI is InChI=1S/C14H11F2N5O/c1-7-5-8(2)21-14(17-7)19-12(20-21)13(22)18-11-4-3-9(15)6-10(11)16/h3-6H,1-2H3,(H,18,22). The molecular formula is C14H11F2N5O. The SMILES string of the molecule is Cc1cc(C)n2nc(C(=O)Nc3ccc(F)cc3F)nc2n1. The molecule has 3 rings (SSSR count). The summed E-state index contributed by atoms with van der Waals surface area (Å²) in [6.45, 7) is 3.60. The van der Waals surface area contributed by atoms with E-state index < -0.39 is 17.5 Å². The molecule has 1 aromatic carbocycles. The minimum Gasteiger partial charge on any atom is -0.317 e. The van der Waals surface area contributed by atoms with Crippen molar-refractivity contribution in [2.45, 2.75) is 13.8 Å². The topological polar surface area (TPSA) is 72.2 Å². The summed E-state index contributed by atoms with van der Waals surface area (Å²) in [6.07, 6.45) is 0. The van der Waals surface area contributed by atoms with Gasteiger partial charge in [-0.05, 0) is 32.0 Å². The van der Waals surface area contributed by atoms with Gasteiger partial charge in [-0.3, -0.25) is 4.79 Å². The third-order valence-corrected chi connectivity index (χ3v) is 3.00. The predicted molar refractivity (Wildman–Crippen MR) is 74.6 cm³/mol. The van der Waals surface area contributed by atoms with Gasteiger partial charge in [-0.1, -0.05) is 0 Å². The lowest BCUT2D eigenvalue weighted by Crippen LogP contribution is -2.15. The van der Waals surface area contributed by atoms with Crippen LogP contribution in [-0.4, -0.2) is 25.5 Å². The average molecular weight is 303 g/mol. The van der Waals surface area contributed by atoms with Crippen molar-refractivity contribution in [2.75, 3.05) is 5.32 Å². The average Bonchev–Trinajstić information content (AvgIpc) is 2.86. The highest BCUT2D eigenvalue weighted by Gasteiger charge is 2.16. The Balaban J connectivity index is 1.93. The number of carbonyl (C=O) groups excluding carboxylic acids is 1. The molecule has 0 fully saturated rings. The summed E-state index contributed by atoms with van der Waals surface area (Å²) in [5.41, 5.74) is 1.36. The summed E-state index contributed by atoms with van der Waals surface area (Å²) in [5.74, 6) is -2.17.